The van der Waals surface area contributed by atoms with Crippen LogP contribution in [0.1, 0.15) is 75.4 Å². The van der Waals surface area contributed by atoms with Gasteiger partial charge in [0.25, 0.3) is 0 Å². The topological polar surface area (TPSA) is 17.8 Å². The van der Waals surface area contributed by atoms with Gasteiger partial charge in [0.15, 0.2) is 0 Å². The summed E-state index contributed by atoms with van der Waals surface area (Å²) in [6.07, 6.45) is 6.46. The highest BCUT2D eigenvalue weighted by atomic mass is 15.3. The van der Waals surface area contributed by atoms with Crippen molar-refractivity contribution in [1.82, 2.24) is 9.78 Å². The minimum Gasteiger partial charge on any atom is -0.266 e. The smallest absolute Gasteiger partial charge is 0.0654 e. The van der Waals surface area contributed by atoms with Crippen LogP contribution in [0.2, 0.25) is 0 Å². The molecule has 0 bridgehead atoms. The van der Waals surface area contributed by atoms with Crippen LogP contribution in [0.5, 0.6) is 0 Å². The molecular formula is C14H24N2. The second-order valence-electron chi connectivity index (χ2n) is 5.35. The number of nitrogens with zero attached hydrogens (tertiary/aromatic N) is 2. The molecule has 1 heterocycles. The largest absolute Gasteiger partial charge is 0.266 e. The fourth-order valence-corrected chi connectivity index (χ4v) is 3.04. The van der Waals surface area contributed by atoms with E-state index in [1.165, 1.54) is 42.6 Å². The molecule has 0 saturated heterocycles. The van der Waals surface area contributed by atoms with Gasteiger partial charge in [-0.3, -0.25) is 4.68 Å². The molecule has 0 amide bonds. The van der Waals surface area contributed by atoms with Crippen molar-refractivity contribution in [3.05, 3.63) is 17.0 Å². The third-order valence-corrected chi connectivity index (χ3v) is 3.84. The molecule has 1 aromatic rings. The monoisotopic (exact) mass is 220 g/mol. The summed E-state index contributed by atoms with van der Waals surface area (Å²) in [7, 11) is 0. The number of aromatic nitrogens is 2. The van der Waals surface area contributed by atoms with E-state index >= 15 is 0 Å². The molecule has 0 N–H and O–H groups in total. The first kappa shape index (κ1) is 11.7. The van der Waals surface area contributed by atoms with Crippen molar-refractivity contribution in [2.75, 3.05) is 0 Å². The minimum absolute atomic E-state index is 0.591. The predicted octanol–water partition coefficient (Wildman–Crippen LogP) is 3.99. The van der Waals surface area contributed by atoms with Crippen molar-refractivity contribution in [3.63, 3.8) is 0 Å². The SMILES string of the molecule is CCc1nn(C2CCCC2)c(C(C)C)c1C. The van der Waals surface area contributed by atoms with Gasteiger partial charge in [0.05, 0.1) is 11.7 Å². The number of hydrogen-bond donors (Lipinski definition) is 0. The lowest BCUT2D eigenvalue weighted by molar-refractivity contribution is 0.439. The van der Waals surface area contributed by atoms with Crippen LogP contribution >= 0.6 is 0 Å². The summed E-state index contributed by atoms with van der Waals surface area (Å²) in [5.74, 6) is 0.591. The quantitative estimate of drug-likeness (QED) is 0.753. The fraction of sp³-hybridized carbons (Fsp3) is 0.786. The molecule has 0 spiro atoms. The normalized spacial score (nSPS) is 17.6. The van der Waals surface area contributed by atoms with Gasteiger partial charge in [-0.2, -0.15) is 5.10 Å². The summed E-state index contributed by atoms with van der Waals surface area (Å²) in [6.45, 7) is 9.02. The van der Waals surface area contributed by atoms with Crippen molar-refractivity contribution in [2.45, 2.75) is 71.8 Å². The maximum Gasteiger partial charge on any atom is 0.0654 e. The zero-order valence-corrected chi connectivity index (χ0v) is 11.1. The van der Waals surface area contributed by atoms with Gasteiger partial charge in [0, 0.05) is 5.69 Å². The van der Waals surface area contributed by atoms with E-state index in [4.69, 9.17) is 5.10 Å². The Balaban J connectivity index is 2.41. The number of rotatable bonds is 3. The molecule has 1 aliphatic rings. The van der Waals surface area contributed by atoms with Crippen molar-refractivity contribution >= 4 is 0 Å². The highest BCUT2D eigenvalue weighted by Gasteiger charge is 2.24. The van der Waals surface area contributed by atoms with Crippen LogP contribution in [0.4, 0.5) is 0 Å². The van der Waals surface area contributed by atoms with Crippen molar-refractivity contribution in [1.29, 1.82) is 0 Å². The zero-order chi connectivity index (χ0) is 11.7. The minimum atomic E-state index is 0.591. The summed E-state index contributed by atoms with van der Waals surface area (Å²) in [6, 6.07) is 0.677. The van der Waals surface area contributed by atoms with E-state index in [9.17, 15) is 0 Å². The molecule has 0 radical (unpaired) electrons. The lowest BCUT2D eigenvalue weighted by atomic mass is 10.0. The Kier molecular flexibility index (Phi) is 3.36. The van der Waals surface area contributed by atoms with Crippen LogP contribution in [-0.4, -0.2) is 9.78 Å². The van der Waals surface area contributed by atoms with E-state index in [1.807, 2.05) is 0 Å². The Bertz CT molecular complexity index is 357. The first-order valence-corrected chi connectivity index (χ1v) is 6.73. The summed E-state index contributed by atoms with van der Waals surface area (Å²) in [5, 5.41) is 4.85. The summed E-state index contributed by atoms with van der Waals surface area (Å²) < 4.78 is 2.35. The molecule has 0 aromatic carbocycles. The molecule has 16 heavy (non-hydrogen) atoms. The molecule has 0 unspecified atom stereocenters. The van der Waals surface area contributed by atoms with E-state index in [1.54, 1.807) is 0 Å². The van der Waals surface area contributed by atoms with Crippen LogP contribution in [0.25, 0.3) is 0 Å². The summed E-state index contributed by atoms with van der Waals surface area (Å²) >= 11 is 0. The van der Waals surface area contributed by atoms with E-state index < -0.39 is 0 Å². The van der Waals surface area contributed by atoms with Crippen molar-refractivity contribution in [2.24, 2.45) is 0 Å². The maximum absolute atomic E-state index is 4.85. The molecule has 90 valence electrons. The molecule has 0 atom stereocenters. The second kappa shape index (κ2) is 4.60. The van der Waals surface area contributed by atoms with E-state index in [0.717, 1.165) is 6.42 Å². The number of aryl methyl sites for hydroxylation is 1. The van der Waals surface area contributed by atoms with Crippen LogP contribution in [0.3, 0.4) is 0 Å². The average Bonchev–Trinajstić information content (AvgIpc) is 2.83. The maximum atomic E-state index is 4.85. The van der Waals surface area contributed by atoms with E-state index in [-0.39, 0.29) is 0 Å². The molecule has 1 aromatic heterocycles. The molecule has 2 nitrogen and oxygen atoms in total. The molecule has 1 fully saturated rings. The van der Waals surface area contributed by atoms with Crippen LogP contribution in [-0.2, 0) is 6.42 Å². The second-order valence-corrected chi connectivity index (χ2v) is 5.35. The number of hydrogen-bond acceptors (Lipinski definition) is 1. The molecule has 2 heteroatoms. The highest BCUT2D eigenvalue weighted by Crippen LogP contribution is 2.34. The summed E-state index contributed by atoms with van der Waals surface area (Å²) in [4.78, 5) is 0. The Morgan fingerprint density at radius 2 is 1.94 bits per heavy atom. The van der Waals surface area contributed by atoms with Gasteiger partial charge in [-0.05, 0) is 37.7 Å². The molecule has 1 aliphatic carbocycles. The standard InChI is InChI=1S/C14H24N2/c1-5-13-11(4)14(10(2)3)16(15-13)12-8-6-7-9-12/h10,12H,5-9H2,1-4H3. The third-order valence-electron chi connectivity index (χ3n) is 3.84. The van der Waals surface area contributed by atoms with Crippen molar-refractivity contribution < 1.29 is 0 Å². The molecule has 1 saturated carbocycles. The summed E-state index contributed by atoms with van der Waals surface area (Å²) in [5.41, 5.74) is 4.21. The Hall–Kier alpha value is -0.790. The third kappa shape index (κ3) is 1.90. The first-order valence-electron chi connectivity index (χ1n) is 6.73. The highest BCUT2D eigenvalue weighted by molar-refractivity contribution is 5.27. The predicted molar refractivity (Wildman–Crippen MR) is 67.9 cm³/mol. The van der Waals surface area contributed by atoms with E-state index in [2.05, 4.69) is 32.4 Å². The fourth-order valence-electron chi connectivity index (χ4n) is 3.04. The van der Waals surface area contributed by atoms with Gasteiger partial charge >= 0.3 is 0 Å². The van der Waals surface area contributed by atoms with Gasteiger partial charge in [-0.1, -0.05) is 33.6 Å². The Morgan fingerprint density at radius 3 is 2.44 bits per heavy atom. The molecular weight excluding hydrogens is 196 g/mol. The van der Waals surface area contributed by atoms with E-state index in [0.29, 0.717) is 12.0 Å². The average molecular weight is 220 g/mol. The van der Waals surface area contributed by atoms with Gasteiger partial charge in [0.1, 0.15) is 0 Å². The first-order chi connectivity index (χ1) is 7.65. The lowest BCUT2D eigenvalue weighted by Crippen LogP contribution is -2.12. The van der Waals surface area contributed by atoms with Crippen LogP contribution in [0.15, 0.2) is 0 Å². The zero-order valence-electron chi connectivity index (χ0n) is 11.1. The van der Waals surface area contributed by atoms with Crippen LogP contribution < -0.4 is 0 Å². The van der Waals surface area contributed by atoms with Gasteiger partial charge in [-0.15, -0.1) is 0 Å². The van der Waals surface area contributed by atoms with Crippen LogP contribution in [0, 0.1) is 6.92 Å². The molecule has 2 rings (SSSR count). The van der Waals surface area contributed by atoms with Crippen molar-refractivity contribution in [3.8, 4) is 0 Å². The van der Waals surface area contributed by atoms with Gasteiger partial charge in [0.2, 0.25) is 0 Å². The van der Waals surface area contributed by atoms with Gasteiger partial charge < -0.3 is 0 Å². The molecule has 0 aliphatic heterocycles. The van der Waals surface area contributed by atoms with Gasteiger partial charge in [-0.25, -0.2) is 0 Å². The Labute approximate surface area is 99.0 Å². The lowest BCUT2D eigenvalue weighted by Gasteiger charge is -2.17. The Morgan fingerprint density at radius 1 is 1.31 bits per heavy atom.